The Hall–Kier alpha value is -1.56. The zero-order chi connectivity index (χ0) is 25.4. The molecule has 0 saturated heterocycles. The van der Waals surface area contributed by atoms with Gasteiger partial charge < -0.3 is 19.3 Å². The van der Waals surface area contributed by atoms with E-state index < -0.39 is 6.29 Å². The van der Waals surface area contributed by atoms with Gasteiger partial charge >= 0.3 is 11.9 Å². The lowest BCUT2D eigenvalue weighted by atomic mass is 9.34. The summed E-state index contributed by atoms with van der Waals surface area (Å²) in [6, 6.07) is 0. The van der Waals surface area contributed by atoms with Gasteiger partial charge in [-0.05, 0) is 78.9 Å². The molecule has 4 saturated carbocycles. The number of fused-ring (bicyclic) bond motifs is 7. The van der Waals surface area contributed by atoms with Gasteiger partial charge in [0.1, 0.15) is 6.10 Å². The Bertz CT molecular complexity index is 924. The van der Waals surface area contributed by atoms with Crippen LogP contribution in [0.2, 0.25) is 0 Å². The average Bonchev–Trinajstić information content (AvgIpc) is 3.18. The lowest BCUT2D eigenvalue weighted by molar-refractivity contribution is -0.242. The molecule has 1 aliphatic heterocycles. The highest BCUT2D eigenvalue weighted by Gasteiger charge is 2.69. The first kappa shape index (κ1) is 25.1. The second kappa shape index (κ2) is 8.22. The molecule has 4 fully saturated rings. The fourth-order valence-corrected chi connectivity index (χ4v) is 10.4. The molecule has 35 heavy (non-hydrogen) atoms. The van der Waals surface area contributed by atoms with E-state index in [9.17, 15) is 14.7 Å². The summed E-state index contributed by atoms with van der Waals surface area (Å²) in [6.45, 7) is 12.7. The summed E-state index contributed by atoms with van der Waals surface area (Å²) in [4.78, 5) is 24.1. The van der Waals surface area contributed by atoms with Crippen LogP contribution in [0.15, 0.2) is 11.8 Å². The third kappa shape index (κ3) is 3.52. The molecule has 1 N–H and O–H groups in total. The average molecular weight is 489 g/mol. The maximum absolute atomic E-state index is 12.1. The third-order valence-electron chi connectivity index (χ3n) is 11.5. The summed E-state index contributed by atoms with van der Waals surface area (Å²) in [5.74, 6) is 0.449. The van der Waals surface area contributed by atoms with Crippen molar-refractivity contribution in [2.45, 2.75) is 105 Å². The molecule has 1 heterocycles. The van der Waals surface area contributed by atoms with Crippen molar-refractivity contribution in [2.75, 3.05) is 6.61 Å². The Balaban J connectivity index is 1.57. The third-order valence-corrected chi connectivity index (χ3v) is 11.5. The monoisotopic (exact) mass is 488 g/mol. The van der Waals surface area contributed by atoms with Crippen molar-refractivity contribution in [3.05, 3.63) is 11.8 Å². The summed E-state index contributed by atoms with van der Waals surface area (Å²) >= 11 is 0. The van der Waals surface area contributed by atoms with Gasteiger partial charge in [0, 0.05) is 31.4 Å². The molecule has 6 nitrogen and oxygen atoms in total. The Labute approximate surface area is 210 Å². The van der Waals surface area contributed by atoms with Crippen molar-refractivity contribution in [2.24, 2.45) is 45.3 Å². The Morgan fingerprint density at radius 3 is 2.26 bits per heavy atom. The van der Waals surface area contributed by atoms with Crippen molar-refractivity contribution in [1.82, 2.24) is 0 Å². The Morgan fingerprint density at radius 2 is 1.60 bits per heavy atom. The van der Waals surface area contributed by atoms with Crippen LogP contribution in [0.4, 0.5) is 0 Å². The summed E-state index contributed by atoms with van der Waals surface area (Å²) in [6.07, 6.45) is 9.21. The first-order chi connectivity index (χ1) is 16.4. The Morgan fingerprint density at radius 1 is 0.943 bits per heavy atom. The normalized spacial score (nSPS) is 47.7. The number of aliphatic hydroxyl groups excluding tert-OH is 1. The number of esters is 2. The van der Waals surface area contributed by atoms with E-state index in [1.807, 2.05) is 0 Å². The number of hydrogen-bond donors (Lipinski definition) is 1. The summed E-state index contributed by atoms with van der Waals surface area (Å²) in [5, 5.41) is 11.0. The van der Waals surface area contributed by atoms with Crippen molar-refractivity contribution in [3.63, 3.8) is 0 Å². The quantitative estimate of drug-likeness (QED) is 0.537. The van der Waals surface area contributed by atoms with Crippen LogP contribution in [0.1, 0.15) is 92.9 Å². The van der Waals surface area contributed by atoms with Gasteiger partial charge in [-0.1, -0.05) is 34.1 Å². The van der Waals surface area contributed by atoms with Gasteiger partial charge in [-0.25, -0.2) is 0 Å². The minimum atomic E-state index is -0.676. The lowest BCUT2D eigenvalue weighted by Gasteiger charge is -2.70. The molecule has 9 atom stereocenters. The number of carbonyl (C=O) groups excluding carboxylic acids is 2. The van der Waals surface area contributed by atoms with E-state index in [0.717, 1.165) is 44.1 Å². The zero-order valence-corrected chi connectivity index (χ0v) is 22.4. The molecule has 0 amide bonds. The number of ether oxygens (including phenoxy) is 3. The van der Waals surface area contributed by atoms with E-state index in [1.165, 1.54) is 26.7 Å². The molecule has 0 bridgehead atoms. The topological polar surface area (TPSA) is 82.1 Å². The summed E-state index contributed by atoms with van der Waals surface area (Å²) in [5.41, 5.74) is 1.01. The van der Waals surface area contributed by atoms with Gasteiger partial charge in [0.15, 0.2) is 0 Å². The van der Waals surface area contributed by atoms with E-state index in [1.54, 1.807) is 6.26 Å². The number of carbonyl (C=O) groups is 2. The molecule has 0 spiro atoms. The van der Waals surface area contributed by atoms with Crippen molar-refractivity contribution < 1.29 is 28.9 Å². The van der Waals surface area contributed by atoms with E-state index in [2.05, 4.69) is 27.7 Å². The molecule has 4 aliphatic carbocycles. The van der Waals surface area contributed by atoms with Crippen molar-refractivity contribution in [3.8, 4) is 0 Å². The fourth-order valence-electron chi connectivity index (χ4n) is 10.4. The molecule has 6 heteroatoms. The van der Waals surface area contributed by atoms with Crippen LogP contribution in [0.5, 0.6) is 0 Å². The van der Waals surface area contributed by atoms with E-state index in [0.29, 0.717) is 11.8 Å². The molecule has 5 aliphatic rings. The smallest absolute Gasteiger partial charge is 0.305 e. The van der Waals surface area contributed by atoms with Crippen LogP contribution in [-0.2, 0) is 23.8 Å². The SMILES string of the molecule is CC(=O)O[C@@H]1OC=C2[C@@H](OC(C)=O)C[C@@H]3[C@](C)(CC[C@H]4[C@@]3(C)CC[C@H]3C(C)(C)CCC[C@@]34CO)[C@H]21. The van der Waals surface area contributed by atoms with Crippen LogP contribution in [0.25, 0.3) is 0 Å². The van der Waals surface area contributed by atoms with Gasteiger partial charge in [-0.2, -0.15) is 0 Å². The number of hydrogen-bond acceptors (Lipinski definition) is 6. The fraction of sp³-hybridized carbons (Fsp3) is 0.862. The minimum Gasteiger partial charge on any atom is -0.462 e. The first-order valence-electron chi connectivity index (χ1n) is 13.7. The van der Waals surface area contributed by atoms with Crippen LogP contribution in [0.3, 0.4) is 0 Å². The highest BCUT2D eigenvalue weighted by atomic mass is 16.7. The standard InChI is InChI=1S/C29H44O6/c1-17(31)34-20-14-23-27(5)12-8-21-26(3,4)10-7-11-29(21,16-30)22(27)9-13-28(23,6)24-19(20)15-33-25(24)35-18(2)32/h15,20-25,30H,7-14,16H2,1-6H3/t20-,21-,22-,23-,24+,25-,27+,28-,29+/m0/s1. The molecule has 0 aromatic heterocycles. The highest BCUT2D eigenvalue weighted by Crippen LogP contribution is 2.74. The second-order valence-electron chi connectivity index (χ2n) is 13.5. The van der Waals surface area contributed by atoms with Crippen LogP contribution < -0.4 is 0 Å². The number of aliphatic hydroxyl groups is 1. The first-order valence-corrected chi connectivity index (χ1v) is 13.7. The van der Waals surface area contributed by atoms with Gasteiger partial charge in [0.25, 0.3) is 6.29 Å². The summed E-state index contributed by atoms with van der Waals surface area (Å²) < 4.78 is 17.5. The molecule has 0 aromatic carbocycles. The zero-order valence-electron chi connectivity index (χ0n) is 22.4. The largest absolute Gasteiger partial charge is 0.462 e. The minimum absolute atomic E-state index is 0.00689. The molecular weight excluding hydrogens is 444 g/mol. The summed E-state index contributed by atoms with van der Waals surface area (Å²) in [7, 11) is 0. The maximum Gasteiger partial charge on any atom is 0.305 e. The van der Waals surface area contributed by atoms with E-state index in [4.69, 9.17) is 14.2 Å². The van der Waals surface area contributed by atoms with Crippen molar-refractivity contribution in [1.29, 1.82) is 0 Å². The molecule has 196 valence electrons. The van der Waals surface area contributed by atoms with Crippen LogP contribution >= 0.6 is 0 Å². The predicted octanol–water partition coefficient (Wildman–Crippen LogP) is 5.38. The van der Waals surface area contributed by atoms with Crippen molar-refractivity contribution >= 4 is 11.9 Å². The Kier molecular flexibility index (Phi) is 5.90. The maximum atomic E-state index is 12.1. The molecule has 0 radical (unpaired) electrons. The molecular formula is C29H44O6. The van der Waals surface area contributed by atoms with Gasteiger partial charge in [-0.3, -0.25) is 9.59 Å². The van der Waals surface area contributed by atoms with Crippen LogP contribution in [-0.4, -0.2) is 36.0 Å². The van der Waals surface area contributed by atoms with E-state index >= 15 is 0 Å². The van der Waals surface area contributed by atoms with Gasteiger partial charge in [-0.15, -0.1) is 0 Å². The van der Waals surface area contributed by atoms with Gasteiger partial charge in [0.05, 0.1) is 12.2 Å². The van der Waals surface area contributed by atoms with Gasteiger partial charge in [0.2, 0.25) is 0 Å². The molecule has 0 aromatic rings. The van der Waals surface area contributed by atoms with E-state index in [-0.39, 0.29) is 58.1 Å². The lowest BCUT2D eigenvalue weighted by Crippen LogP contribution is -2.66. The van der Waals surface area contributed by atoms with Crippen LogP contribution in [0, 0.1) is 45.3 Å². The second-order valence-corrected chi connectivity index (χ2v) is 13.5. The molecule has 0 unspecified atom stereocenters. The molecule has 5 rings (SSSR count). The number of rotatable bonds is 3. The highest BCUT2D eigenvalue weighted by molar-refractivity contribution is 5.67. The predicted molar refractivity (Wildman–Crippen MR) is 131 cm³/mol.